The van der Waals surface area contributed by atoms with Crippen molar-refractivity contribution >= 4 is 5.69 Å². The zero-order valence-electron chi connectivity index (χ0n) is 11.3. The second kappa shape index (κ2) is 6.48. The van der Waals surface area contributed by atoms with Gasteiger partial charge in [0.1, 0.15) is 23.3 Å². The average molecular weight is 268 g/mol. The Hall–Kier alpha value is -2.67. The Morgan fingerprint density at radius 2 is 1.95 bits per heavy atom. The smallest absolute Gasteiger partial charge is 0.145 e. The van der Waals surface area contributed by atoms with Crippen molar-refractivity contribution in [1.29, 1.82) is 5.26 Å². The molecular weight excluding hydrogens is 252 g/mol. The SMILES string of the molecule is CCCOc1cc(Oc2ccccc2C#N)ccc1N. The van der Waals surface area contributed by atoms with Gasteiger partial charge in [0.2, 0.25) is 0 Å². The van der Waals surface area contributed by atoms with Crippen molar-refractivity contribution in [3.05, 3.63) is 48.0 Å². The Kier molecular flexibility index (Phi) is 4.46. The summed E-state index contributed by atoms with van der Waals surface area (Å²) in [6.45, 7) is 2.63. The first-order chi connectivity index (χ1) is 9.74. The van der Waals surface area contributed by atoms with Crippen LogP contribution in [0.15, 0.2) is 42.5 Å². The molecule has 102 valence electrons. The van der Waals surface area contributed by atoms with Crippen molar-refractivity contribution in [2.24, 2.45) is 0 Å². The molecule has 0 aliphatic heterocycles. The van der Waals surface area contributed by atoms with Crippen molar-refractivity contribution < 1.29 is 9.47 Å². The molecule has 20 heavy (non-hydrogen) atoms. The lowest BCUT2D eigenvalue weighted by Crippen LogP contribution is -1.99. The van der Waals surface area contributed by atoms with Gasteiger partial charge < -0.3 is 15.2 Å². The number of benzene rings is 2. The molecule has 0 saturated carbocycles. The highest BCUT2D eigenvalue weighted by Crippen LogP contribution is 2.31. The van der Waals surface area contributed by atoms with Crippen molar-refractivity contribution in [3.8, 4) is 23.3 Å². The average Bonchev–Trinajstić information content (AvgIpc) is 2.48. The molecule has 2 aromatic rings. The van der Waals surface area contributed by atoms with Gasteiger partial charge in [0, 0.05) is 6.07 Å². The molecule has 2 rings (SSSR count). The van der Waals surface area contributed by atoms with Gasteiger partial charge in [-0.25, -0.2) is 0 Å². The Balaban J connectivity index is 2.23. The summed E-state index contributed by atoms with van der Waals surface area (Å²) in [7, 11) is 0. The summed E-state index contributed by atoms with van der Waals surface area (Å²) >= 11 is 0. The first-order valence-corrected chi connectivity index (χ1v) is 6.44. The molecule has 0 fully saturated rings. The molecule has 0 bridgehead atoms. The fourth-order valence-corrected chi connectivity index (χ4v) is 1.69. The van der Waals surface area contributed by atoms with E-state index < -0.39 is 0 Å². The van der Waals surface area contributed by atoms with Crippen LogP contribution in [0.25, 0.3) is 0 Å². The molecule has 2 aromatic carbocycles. The fraction of sp³-hybridized carbons (Fsp3) is 0.188. The molecule has 0 saturated heterocycles. The normalized spacial score (nSPS) is 9.80. The van der Waals surface area contributed by atoms with E-state index in [1.54, 1.807) is 36.4 Å². The van der Waals surface area contributed by atoms with E-state index in [9.17, 15) is 0 Å². The summed E-state index contributed by atoms with van der Waals surface area (Å²) in [4.78, 5) is 0. The van der Waals surface area contributed by atoms with E-state index in [0.29, 0.717) is 35.1 Å². The third kappa shape index (κ3) is 3.21. The highest BCUT2D eigenvalue weighted by atomic mass is 16.5. The van der Waals surface area contributed by atoms with Crippen LogP contribution in [0, 0.1) is 11.3 Å². The number of anilines is 1. The standard InChI is InChI=1S/C16H16N2O2/c1-2-9-19-16-10-13(7-8-14(16)18)20-15-6-4-3-5-12(15)11-17/h3-8,10H,2,9,18H2,1H3. The molecule has 4 nitrogen and oxygen atoms in total. The van der Waals surface area contributed by atoms with E-state index in [0.717, 1.165) is 6.42 Å². The van der Waals surface area contributed by atoms with Crippen molar-refractivity contribution in [3.63, 3.8) is 0 Å². The van der Waals surface area contributed by atoms with E-state index in [1.807, 2.05) is 13.0 Å². The van der Waals surface area contributed by atoms with E-state index in [1.165, 1.54) is 0 Å². The Labute approximate surface area is 118 Å². The molecule has 0 aromatic heterocycles. The summed E-state index contributed by atoms with van der Waals surface area (Å²) in [6, 6.07) is 14.4. The highest BCUT2D eigenvalue weighted by Gasteiger charge is 2.07. The maximum atomic E-state index is 9.04. The van der Waals surface area contributed by atoms with Crippen LogP contribution in [-0.4, -0.2) is 6.61 Å². The zero-order valence-corrected chi connectivity index (χ0v) is 11.3. The fourth-order valence-electron chi connectivity index (χ4n) is 1.69. The lowest BCUT2D eigenvalue weighted by Gasteiger charge is -2.11. The molecule has 0 aliphatic rings. The van der Waals surface area contributed by atoms with Crippen molar-refractivity contribution in [2.75, 3.05) is 12.3 Å². The lowest BCUT2D eigenvalue weighted by atomic mass is 10.2. The molecule has 0 heterocycles. The molecule has 0 amide bonds. The van der Waals surface area contributed by atoms with Crippen molar-refractivity contribution in [2.45, 2.75) is 13.3 Å². The van der Waals surface area contributed by atoms with Crippen LogP contribution in [0.3, 0.4) is 0 Å². The van der Waals surface area contributed by atoms with Crippen LogP contribution in [0.5, 0.6) is 17.2 Å². The maximum Gasteiger partial charge on any atom is 0.145 e. The molecule has 0 aliphatic carbocycles. The number of nitrogens with zero attached hydrogens (tertiary/aromatic N) is 1. The second-order valence-electron chi connectivity index (χ2n) is 4.26. The van der Waals surface area contributed by atoms with Crippen LogP contribution in [0.2, 0.25) is 0 Å². The number of nitrogen functional groups attached to an aromatic ring is 1. The van der Waals surface area contributed by atoms with E-state index in [4.69, 9.17) is 20.5 Å². The molecule has 0 unspecified atom stereocenters. The minimum atomic E-state index is 0.486. The Morgan fingerprint density at radius 3 is 2.70 bits per heavy atom. The number of ether oxygens (including phenoxy) is 2. The predicted octanol–water partition coefficient (Wildman–Crippen LogP) is 3.72. The van der Waals surface area contributed by atoms with Crippen molar-refractivity contribution in [1.82, 2.24) is 0 Å². The monoisotopic (exact) mass is 268 g/mol. The van der Waals surface area contributed by atoms with Gasteiger partial charge in [0.25, 0.3) is 0 Å². The molecule has 4 heteroatoms. The third-order valence-electron chi connectivity index (χ3n) is 2.68. The minimum Gasteiger partial charge on any atom is -0.491 e. The van der Waals surface area contributed by atoms with E-state index in [-0.39, 0.29) is 0 Å². The first kappa shape index (κ1) is 13.8. The van der Waals surface area contributed by atoms with Gasteiger partial charge in [-0.1, -0.05) is 19.1 Å². The lowest BCUT2D eigenvalue weighted by molar-refractivity contribution is 0.317. The predicted molar refractivity (Wildman–Crippen MR) is 77.9 cm³/mol. The van der Waals surface area contributed by atoms with Crippen LogP contribution < -0.4 is 15.2 Å². The molecule has 2 N–H and O–H groups in total. The summed E-state index contributed by atoms with van der Waals surface area (Å²) < 4.78 is 11.3. The highest BCUT2D eigenvalue weighted by molar-refractivity contribution is 5.56. The zero-order chi connectivity index (χ0) is 14.4. The Bertz CT molecular complexity index is 633. The van der Waals surface area contributed by atoms with Gasteiger partial charge in [-0.2, -0.15) is 5.26 Å². The summed E-state index contributed by atoms with van der Waals surface area (Å²) in [6.07, 6.45) is 0.905. The van der Waals surface area contributed by atoms with E-state index in [2.05, 4.69) is 6.07 Å². The molecule has 0 spiro atoms. The second-order valence-corrected chi connectivity index (χ2v) is 4.26. The van der Waals surface area contributed by atoms with Crippen LogP contribution in [-0.2, 0) is 0 Å². The van der Waals surface area contributed by atoms with E-state index >= 15 is 0 Å². The van der Waals surface area contributed by atoms with Crippen LogP contribution >= 0.6 is 0 Å². The Morgan fingerprint density at radius 1 is 1.15 bits per heavy atom. The summed E-state index contributed by atoms with van der Waals surface area (Å²) in [5.41, 5.74) is 6.90. The van der Waals surface area contributed by atoms with Crippen LogP contribution in [0.4, 0.5) is 5.69 Å². The quantitative estimate of drug-likeness (QED) is 0.839. The van der Waals surface area contributed by atoms with Gasteiger partial charge in [-0.3, -0.25) is 0 Å². The van der Waals surface area contributed by atoms with Gasteiger partial charge in [-0.05, 0) is 30.7 Å². The number of nitrogens with two attached hydrogens (primary N) is 1. The topological polar surface area (TPSA) is 68.3 Å². The summed E-state index contributed by atoms with van der Waals surface area (Å²) in [5.74, 6) is 1.70. The first-order valence-electron chi connectivity index (χ1n) is 6.44. The van der Waals surface area contributed by atoms with Crippen LogP contribution in [0.1, 0.15) is 18.9 Å². The number of rotatable bonds is 5. The van der Waals surface area contributed by atoms with Gasteiger partial charge in [0.15, 0.2) is 0 Å². The number of hydrogen-bond acceptors (Lipinski definition) is 4. The van der Waals surface area contributed by atoms with Gasteiger partial charge >= 0.3 is 0 Å². The largest absolute Gasteiger partial charge is 0.491 e. The minimum absolute atomic E-state index is 0.486. The van der Waals surface area contributed by atoms with Gasteiger partial charge in [0.05, 0.1) is 17.9 Å². The van der Waals surface area contributed by atoms with Gasteiger partial charge in [-0.15, -0.1) is 0 Å². The maximum absolute atomic E-state index is 9.04. The molecular formula is C16H16N2O2. The number of nitriles is 1. The number of para-hydroxylation sites is 1. The molecule has 0 radical (unpaired) electrons. The number of hydrogen-bond donors (Lipinski definition) is 1. The summed E-state index contributed by atoms with van der Waals surface area (Å²) in [5, 5.41) is 9.04. The molecule has 0 atom stereocenters. The third-order valence-corrected chi connectivity index (χ3v) is 2.68.